The predicted molar refractivity (Wildman–Crippen MR) is 41.1 cm³/mol. The number of halogens is 2. The number of hydrogen-bond acceptors (Lipinski definition) is 2. The van der Waals surface area contributed by atoms with Gasteiger partial charge in [-0.05, 0) is 18.7 Å². The van der Waals surface area contributed by atoms with Gasteiger partial charge in [-0.1, -0.05) is 6.92 Å². The Morgan fingerprint density at radius 3 is 2.75 bits per heavy atom. The SMILES string of the molecule is CCNC(c1ccco1)C(F)F. The Morgan fingerprint density at radius 2 is 2.33 bits per heavy atom. The van der Waals surface area contributed by atoms with Crippen molar-refractivity contribution in [3.8, 4) is 0 Å². The normalized spacial score (nSPS) is 13.7. The molecule has 12 heavy (non-hydrogen) atoms. The molecule has 1 atom stereocenters. The van der Waals surface area contributed by atoms with Crippen LogP contribution in [0.5, 0.6) is 0 Å². The van der Waals surface area contributed by atoms with E-state index < -0.39 is 12.5 Å². The zero-order valence-electron chi connectivity index (χ0n) is 6.76. The van der Waals surface area contributed by atoms with E-state index in [9.17, 15) is 8.78 Å². The van der Waals surface area contributed by atoms with Crippen LogP contribution in [0.2, 0.25) is 0 Å². The Kier molecular flexibility index (Phi) is 3.22. The summed E-state index contributed by atoms with van der Waals surface area (Å²) in [6, 6.07) is 2.16. The molecule has 0 aliphatic heterocycles. The van der Waals surface area contributed by atoms with Gasteiger partial charge >= 0.3 is 0 Å². The van der Waals surface area contributed by atoms with Crippen molar-refractivity contribution >= 4 is 0 Å². The Bertz CT molecular complexity index is 211. The molecule has 0 bridgehead atoms. The first-order valence-electron chi connectivity index (χ1n) is 3.80. The zero-order chi connectivity index (χ0) is 8.97. The molecule has 2 nitrogen and oxygen atoms in total. The number of nitrogens with one attached hydrogen (secondary N) is 1. The molecular formula is C8H11F2NO. The van der Waals surface area contributed by atoms with Gasteiger partial charge in [0.25, 0.3) is 6.43 Å². The largest absolute Gasteiger partial charge is 0.467 e. The average Bonchev–Trinajstić information content (AvgIpc) is 2.51. The fourth-order valence-corrected chi connectivity index (χ4v) is 1.00. The van der Waals surface area contributed by atoms with E-state index in [1.54, 1.807) is 19.1 Å². The predicted octanol–water partition coefficient (Wildman–Crippen LogP) is 2.20. The maximum atomic E-state index is 12.3. The quantitative estimate of drug-likeness (QED) is 0.758. The fraction of sp³-hybridized carbons (Fsp3) is 0.500. The summed E-state index contributed by atoms with van der Waals surface area (Å²) in [5, 5.41) is 2.64. The molecule has 68 valence electrons. The van der Waals surface area contributed by atoms with Gasteiger partial charge in [0.1, 0.15) is 11.8 Å². The highest BCUT2D eigenvalue weighted by Crippen LogP contribution is 2.20. The molecule has 0 amide bonds. The van der Waals surface area contributed by atoms with E-state index in [1.807, 2.05) is 0 Å². The fourth-order valence-electron chi connectivity index (χ4n) is 1.00. The van der Waals surface area contributed by atoms with Crippen LogP contribution in [0.25, 0.3) is 0 Å². The highest BCUT2D eigenvalue weighted by atomic mass is 19.3. The summed E-state index contributed by atoms with van der Waals surface area (Å²) < 4.78 is 29.5. The van der Waals surface area contributed by atoms with Gasteiger partial charge in [0.05, 0.1) is 6.26 Å². The summed E-state index contributed by atoms with van der Waals surface area (Å²) in [5.74, 6) is 0.284. The van der Waals surface area contributed by atoms with E-state index in [1.165, 1.54) is 6.26 Å². The van der Waals surface area contributed by atoms with Gasteiger partial charge in [-0.3, -0.25) is 0 Å². The molecular weight excluding hydrogens is 164 g/mol. The van der Waals surface area contributed by atoms with E-state index in [0.29, 0.717) is 6.54 Å². The molecule has 0 fully saturated rings. The second-order valence-corrected chi connectivity index (χ2v) is 2.39. The molecule has 0 aliphatic carbocycles. The molecule has 1 heterocycles. The standard InChI is InChI=1S/C8H11F2NO/c1-2-11-7(8(9)10)6-4-3-5-12-6/h3-5,7-8,11H,2H2,1H3. The molecule has 0 saturated heterocycles. The van der Waals surface area contributed by atoms with Crippen LogP contribution in [0.1, 0.15) is 18.7 Å². The maximum absolute atomic E-state index is 12.3. The molecule has 0 saturated carbocycles. The third-order valence-corrected chi connectivity index (χ3v) is 1.53. The van der Waals surface area contributed by atoms with Crippen molar-refractivity contribution < 1.29 is 13.2 Å². The van der Waals surface area contributed by atoms with Crippen molar-refractivity contribution in [1.29, 1.82) is 0 Å². The van der Waals surface area contributed by atoms with Gasteiger partial charge in [-0.2, -0.15) is 0 Å². The topological polar surface area (TPSA) is 25.2 Å². The first-order chi connectivity index (χ1) is 5.75. The van der Waals surface area contributed by atoms with Crippen LogP contribution in [-0.4, -0.2) is 13.0 Å². The van der Waals surface area contributed by atoms with Crippen molar-refractivity contribution in [3.63, 3.8) is 0 Å². The van der Waals surface area contributed by atoms with Crippen LogP contribution < -0.4 is 5.32 Å². The molecule has 0 aromatic carbocycles. The lowest BCUT2D eigenvalue weighted by Crippen LogP contribution is -2.26. The van der Waals surface area contributed by atoms with Gasteiger partial charge < -0.3 is 9.73 Å². The molecule has 4 heteroatoms. The highest BCUT2D eigenvalue weighted by Gasteiger charge is 2.23. The van der Waals surface area contributed by atoms with Gasteiger partial charge in [-0.25, -0.2) is 8.78 Å². The lowest BCUT2D eigenvalue weighted by Gasteiger charge is -2.13. The maximum Gasteiger partial charge on any atom is 0.260 e. The van der Waals surface area contributed by atoms with E-state index in [4.69, 9.17) is 4.42 Å². The smallest absolute Gasteiger partial charge is 0.260 e. The second kappa shape index (κ2) is 4.21. The minimum atomic E-state index is -2.43. The summed E-state index contributed by atoms with van der Waals surface area (Å²) in [7, 11) is 0. The number of alkyl halides is 2. The van der Waals surface area contributed by atoms with Gasteiger partial charge in [0.2, 0.25) is 0 Å². The van der Waals surface area contributed by atoms with Crippen molar-refractivity contribution in [2.75, 3.05) is 6.54 Å². The van der Waals surface area contributed by atoms with Gasteiger partial charge in [0, 0.05) is 0 Å². The van der Waals surface area contributed by atoms with Crippen LogP contribution in [0.3, 0.4) is 0 Å². The van der Waals surface area contributed by atoms with Crippen molar-refractivity contribution in [2.45, 2.75) is 19.4 Å². The van der Waals surface area contributed by atoms with E-state index >= 15 is 0 Å². The molecule has 1 unspecified atom stereocenters. The molecule has 1 rings (SSSR count). The highest BCUT2D eigenvalue weighted by molar-refractivity contribution is 5.05. The van der Waals surface area contributed by atoms with Crippen LogP contribution in [0, 0.1) is 0 Å². The molecule has 0 spiro atoms. The van der Waals surface area contributed by atoms with Crippen molar-refractivity contribution in [3.05, 3.63) is 24.2 Å². The van der Waals surface area contributed by atoms with E-state index in [-0.39, 0.29) is 5.76 Å². The van der Waals surface area contributed by atoms with E-state index in [0.717, 1.165) is 0 Å². The number of furan rings is 1. The summed E-state index contributed by atoms with van der Waals surface area (Å²) in [4.78, 5) is 0. The zero-order valence-corrected chi connectivity index (χ0v) is 6.76. The summed E-state index contributed by atoms with van der Waals surface area (Å²) in [5.41, 5.74) is 0. The monoisotopic (exact) mass is 175 g/mol. The van der Waals surface area contributed by atoms with Gasteiger partial charge in [0.15, 0.2) is 0 Å². The molecule has 1 N–H and O–H groups in total. The van der Waals surface area contributed by atoms with Crippen LogP contribution in [-0.2, 0) is 0 Å². The van der Waals surface area contributed by atoms with E-state index in [2.05, 4.69) is 5.32 Å². The second-order valence-electron chi connectivity index (χ2n) is 2.39. The summed E-state index contributed by atoms with van der Waals surface area (Å²) >= 11 is 0. The lowest BCUT2D eigenvalue weighted by molar-refractivity contribution is 0.0888. The van der Waals surface area contributed by atoms with Crippen LogP contribution in [0.15, 0.2) is 22.8 Å². The lowest BCUT2D eigenvalue weighted by atomic mass is 10.2. The first kappa shape index (κ1) is 9.19. The molecule has 1 aromatic heterocycles. The Morgan fingerprint density at radius 1 is 1.58 bits per heavy atom. The third-order valence-electron chi connectivity index (χ3n) is 1.53. The average molecular weight is 175 g/mol. The molecule has 0 radical (unpaired) electrons. The first-order valence-corrected chi connectivity index (χ1v) is 3.80. The van der Waals surface area contributed by atoms with Crippen molar-refractivity contribution in [2.24, 2.45) is 0 Å². The molecule has 0 aliphatic rings. The molecule has 1 aromatic rings. The summed E-state index contributed by atoms with van der Waals surface area (Å²) in [6.45, 7) is 2.27. The minimum absolute atomic E-state index is 0.284. The van der Waals surface area contributed by atoms with Crippen LogP contribution >= 0.6 is 0 Å². The van der Waals surface area contributed by atoms with Gasteiger partial charge in [-0.15, -0.1) is 0 Å². The van der Waals surface area contributed by atoms with Crippen molar-refractivity contribution in [1.82, 2.24) is 5.32 Å². The third kappa shape index (κ3) is 2.04. The summed E-state index contributed by atoms with van der Waals surface area (Å²) in [6.07, 6.45) is -1.04. The Hall–Kier alpha value is -0.900. The van der Waals surface area contributed by atoms with Crippen LogP contribution in [0.4, 0.5) is 8.78 Å². The Balaban J connectivity index is 2.66. The Labute approximate surface area is 69.6 Å². The number of hydrogen-bond donors (Lipinski definition) is 1. The number of rotatable bonds is 4. The minimum Gasteiger partial charge on any atom is -0.467 e.